The third-order valence-electron chi connectivity index (χ3n) is 5.39. The molecule has 1 aliphatic heterocycles. The molecule has 1 saturated carbocycles. The largest absolute Gasteiger partial charge is 0.352 e. The number of nitrogens with one attached hydrogen (secondary N) is 1. The molecule has 0 spiro atoms. The number of hydrogen-bond acceptors (Lipinski definition) is 2. The zero-order valence-corrected chi connectivity index (χ0v) is 15.3. The van der Waals surface area contributed by atoms with E-state index in [4.69, 9.17) is 0 Å². The van der Waals surface area contributed by atoms with Gasteiger partial charge in [0.25, 0.3) is 0 Å². The molecule has 5 nitrogen and oxygen atoms in total. The Morgan fingerprint density at radius 2 is 1.72 bits per heavy atom. The summed E-state index contributed by atoms with van der Waals surface area (Å²) in [4.78, 5) is 28.3. The predicted molar refractivity (Wildman–Crippen MR) is 98.1 cm³/mol. The summed E-state index contributed by atoms with van der Waals surface area (Å²) in [6.45, 7) is 6.41. The molecule has 0 atom stereocenters. The minimum Gasteiger partial charge on any atom is -0.352 e. The molecule has 0 bridgehead atoms. The van der Waals surface area contributed by atoms with Gasteiger partial charge in [-0.2, -0.15) is 0 Å². The minimum atomic E-state index is -0.0343. The number of carbonyl (C=O) groups is 2. The van der Waals surface area contributed by atoms with Crippen LogP contribution in [0.3, 0.4) is 0 Å². The summed E-state index contributed by atoms with van der Waals surface area (Å²) in [7, 11) is 0. The van der Waals surface area contributed by atoms with E-state index in [-0.39, 0.29) is 24.5 Å². The number of urea groups is 1. The molecule has 1 N–H and O–H groups in total. The second kappa shape index (κ2) is 7.89. The fourth-order valence-electron chi connectivity index (χ4n) is 3.69. The van der Waals surface area contributed by atoms with Crippen LogP contribution in [0, 0.1) is 12.8 Å². The van der Waals surface area contributed by atoms with Crippen molar-refractivity contribution >= 4 is 11.9 Å². The van der Waals surface area contributed by atoms with Crippen LogP contribution < -0.4 is 5.32 Å². The molecule has 2 aliphatic rings. The third kappa shape index (κ3) is 4.74. The first-order valence-electron chi connectivity index (χ1n) is 9.40. The molecule has 0 aromatic heterocycles. The number of nitrogens with zero attached hydrogens (tertiary/aromatic N) is 2. The van der Waals surface area contributed by atoms with Gasteiger partial charge in [0, 0.05) is 25.7 Å². The molecule has 25 heavy (non-hydrogen) atoms. The van der Waals surface area contributed by atoms with E-state index in [1.807, 2.05) is 4.90 Å². The highest BCUT2D eigenvalue weighted by atomic mass is 16.2. The zero-order chi connectivity index (χ0) is 17.8. The quantitative estimate of drug-likeness (QED) is 0.894. The van der Waals surface area contributed by atoms with Crippen molar-refractivity contribution in [2.45, 2.75) is 52.1 Å². The van der Waals surface area contributed by atoms with Crippen LogP contribution in [0.25, 0.3) is 0 Å². The molecule has 3 amide bonds. The van der Waals surface area contributed by atoms with E-state index in [2.05, 4.69) is 43.4 Å². The Hall–Kier alpha value is -2.04. The van der Waals surface area contributed by atoms with Crippen LogP contribution in [0.15, 0.2) is 24.3 Å². The van der Waals surface area contributed by atoms with Gasteiger partial charge >= 0.3 is 6.03 Å². The Labute approximate surface area is 150 Å². The molecule has 1 aliphatic carbocycles. The van der Waals surface area contributed by atoms with Crippen molar-refractivity contribution in [1.82, 2.24) is 15.1 Å². The average molecular weight is 343 g/mol. The van der Waals surface area contributed by atoms with Gasteiger partial charge in [0.2, 0.25) is 5.91 Å². The third-order valence-corrected chi connectivity index (χ3v) is 5.39. The van der Waals surface area contributed by atoms with E-state index in [9.17, 15) is 9.59 Å². The molecule has 5 heteroatoms. The summed E-state index contributed by atoms with van der Waals surface area (Å²) in [5.74, 6) is 0.744. The summed E-state index contributed by atoms with van der Waals surface area (Å²) in [5, 5.41) is 3.11. The minimum absolute atomic E-state index is 0.0231. The van der Waals surface area contributed by atoms with Crippen molar-refractivity contribution < 1.29 is 9.59 Å². The van der Waals surface area contributed by atoms with Crippen LogP contribution in [-0.4, -0.2) is 47.4 Å². The Morgan fingerprint density at radius 3 is 2.40 bits per heavy atom. The molecular formula is C20H29N3O2. The highest BCUT2D eigenvalue weighted by Gasteiger charge is 2.30. The maximum Gasteiger partial charge on any atom is 0.320 e. The SMILES string of the molecule is Cc1ccc(CN2CCN(CC(=O)NC3CCC(C)CC3)C2=O)cc1. The maximum absolute atomic E-state index is 12.5. The number of carbonyl (C=O) groups excluding carboxylic acids is 2. The first kappa shape index (κ1) is 17.8. The molecule has 3 rings (SSSR count). The van der Waals surface area contributed by atoms with Crippen molar-refractivity contribution in [3.8, 4) is 0 Å². The van der Waals surface area contributed by atoms with Gasteiger partial charge in [0.15, 0.2) is 0 Å². The van der Waals surface area contributed by atoms with Crippen LogP contribution in [-0.2, 0) is 11.3 Å². The second-order valence-electron chi connectivity index (χ2n) is 7.64. The monoisotopic (exact) mass is 343 g/mol. The summed E-state index contributed by atoms with van der Waals surface area (Å²) in [6.07, 6.45) is 4.47. The van der Waals surface area contributed by atoms with E-state index in [0.717, 1.165) is 24.3 Å². The van der Waals surface area contributed by atoms with Gasteiger partial charge in [-0.05, 0) is 44.1 Å². The Balaban J connectivity index is 1.46. The van der Waals surface area contributed by atoms with Crippen molar-refractivity contribution in [2.24, 2.45) is 5.92 Å². The first-order chi connectivity index (χ1) is 12.0. The van der Waals surface area contributed by atoms with Gasteiger partial charge in [-0.25, -0.2) is 4.79 Å². The first-order valence-corrected chi connectivity index (χ1v) is 9.40. The summed E-state index contributed by atoms with van der Waals surface area (Å²) < 4.78 is 0. The molecule has 1 aromatic carbocycles. The summed E-state index contributed by atoms with van der Waals surface area (Å²) in [6, 6.07) is 8.49. The van der Waals surface area contributed by atoms with Gasteiger partial charge in [-0.15, -0.1) is 0 Å². The van der Waals surface area contributed by atoms with E-state index in [1.165, 1.54) is 18.4 Å². The lowest BCUT2D eigenvalue weighted by atomic mass is 9.87. The van der Waals surface area contributed by atoms with Gasteiger partial charge in [-0.1, -0.05) is 36.8 Å². The average Bonchev–Trinajstić information content (AvgIpc) is 2.92. The molecule has 1 saturated heterocycles. The Bertz CT molecular complexity index is 606. The molecule has 0 unspecified atom stereocenters. The summed E-state index contributed by atoms with van der Waals surface area (Å²) >= 11 is 0. The fourth-order valence-corrected chi connectivity index (χ4v) is 3.69. The predicted octanol–water partition coefficient (Wildman–Crippen LogP) is 2.93. The zero-order valence-electron chi connectivity index (χ0n) is 15.3. The number of amides is 3. The van der Waals surface area contributed by atoms with E-state index in [1.54, 1.807) is 4.90 Å². The number of benzene rings is 1. The molecule has 0 radical (unpaired) electrons. The molecule has 136 valence electrons. The van der Waals surface area contributed by atoms with Crippen LogP contribution in [0.4, 0.5) is 4.79 Å². The van der Waals surface area contributed by atoms with Crippen molar-refractivity contribution in [1.29, 1.82) is 0 Å². The highest BCUT2D eigenvalue weighted by molar-refractivity contribution is 5.85. The van der Waals surface area contributed by atoms with Gasteiger partial charge in [-0.3, -0.25) is 4.79 Å². The van der Waals surface area contributed by atoms with Crippen LogP contribution in [0.1, 0.15) is 43.7 Å². The fraction of sp³-hybridized carbons (Fsp3) is 0.600. The lowest BCUT2D eigenvalue weighted by Crippen LogP contribution is -2.44. The Kier molecular flexibility index (Phi) is 5.61. The molecular weight excluding hydrogens is 314 g/mol. The van der Waals surface area contributed by atoms with Gasteiger partial charge < -0.3 is 15.1 Å². The van der Waals surface area contributed by atoms with Crippen LogP contribution >= 0.6 is 0 Å². The van der Waals surface area contributed by atoms with Crippen molar-refractivity contribution in [3.05, 3.63) is 35.4 Å². The maximum atomic E-state index is 12.5. The van der Waals surface area contributed by atoms with E-state index < -0.39 is 0 Å². The number of rotatable bonds is 5. The van der Waals surface area contributed by atoms with Crippen molar-refractivity contribution in [3.63, 3.8) is 0 Å². The standard InChI is InChI=1S/C20H29N3O2/c1-15-3-7-17(8-4-15)13-22-11-12-23(20(22)25)14-19(24)21-18-9-5-16(2)6-10-18/h3-4,7-8,16,18H,5-6,9-14H2,1-2H3,(H,21,24). The van der Waals surface area contributed by atoms with Crippen LogP contribution in [0.5, 0.6) is 0 Å². The van der Waals surface area contributed by atoms with Gasteiger partial charge in [0.1, 0.15) is 6.54 Å². The van der Waals surface area contributed by atoms with Crippen molar-refractivity contribution in [2.75, 3.05) is 19.6 Å². The molecule has 1 aromatic rings. The van der Waals surface area contributed by atoms with E-state index >= 15 is 0 Å². The lowest BCUT2D eigenvalue weighted by Gasteiger charge is -2.27. The second-order valence-corrected chi connectivity index (χ2v) is 7.64. The molecule has 1 heterocycles. The number of aryl methyl sites for hydroxylation is 1. The van der Waals surface area contributed by atoms with E-state index in [0.29, 0.717) is 19.6 Å². The Morgan fingerprint density at radius 1 is 1.08 bits per heavy atom. The highest BCUT2D eigenvalue weighted by Crippen LogP contribution is 2.23. The summed E-state index contributed by atoms with van der Waals surface area (Å²) in [5.41, 5.74) is 2.34. The van der Waals surface area contributed by atoms with Gasteiger partial charge in [0.05, 0.1) is 0 Å². The smallest absolute Gasteiger partial charge is 0.320 e. The molecule has 2 fully saturated rings. The topological polar surface area (TPSA) is 52.6 Å². The normalized spacial score (nSPS) is 23.8. The lowest BCUT2D eigenvalue weighted by molar-refractivity contribution is -0.122. The van der Waals surface area contributed by atoms with Crippen LogP contribution in [0.2, 0.25) is 0 Å². The number of hydrogen-bond donors (Lipinski definition) is 1.